The van der Waals surface area contributed by atoms with Crippen molar-refractivity contribution in [1.82, 2.24) is 9.80 Å². The molecule has 3 aromatic rings. The standard InChI is InChI=1S/C35H38N2O4/c1-3-41-35(40)33-25(2)37(32(38)23-31(33)29-14-8-5-9-15-29)24-28-13-10-16-30(22-28)34(39)36-19-17-27(18-20-36)21-26-11-6-4-7-12-26/h4-16,22,27,31H,3,17-21,23-24H2,1-2H3/t31-/m1/s1. The molecular weight excluding hydrogens is 512 g/mol. The van der Waals surface area contributed by atoms with Crippen LogP contribution in [0.5, 0.6) is 0 Å². The Morgan fingerprint density at radius 1 is 0.878 bits per heavy atom. The van der Waals surface area contributed by atoms with E-state index >= 15 is 0 Å². The molecule has 0 aromatic heterocycles. The van der Waals surface area contributed by atoms with Gasteiger partial charge in [-0.3, -0.25) is 9.59 Å². The summed E-state index contributed by atoms with van der Waals surface area (Å²) in [7, 11) is 0. The average Bonchev–Trinajstić information content (AvgIpc) is 3.00. The molecule has 2 heterocycles. The number of hydrogen-bond donors (Lipinski definition) is 0. The molecule has 0 bridgehead atoms. The molecule has 1 saturated heterocycles. The van der Waals surface area contributed by atoms with Gasteiger partial charge in [-0.05, 0) is 67.9 Å². The number of ether oxygens (including phenoxy) is 1. The lowest BCUT2D eigenvalue weighted by Crippen LogP contribution is -2.39. The first-order valence-corrected chi connectivity index (χ1v) is 14.6. The van der Waals surface area contributed by atoms with Crippen molar-refractivity contribution in [3.8, 4) is 0 Å². The summed E-state index contributed by atoms with van der Waals surface area (Å²) >= 11 is 0. The third-order valence-electron chi connectivity index (χ3n) is 8.30. The van der Waals surface area contributed by atoms with E-state index in [1.54, 1.807) is 11.8 Å². The Morgan fingerprint density at radius 3 is 2.22 bits per heavy atom. The van der Waals surface area contributed by atoms with Gasteiger partial charge in [0.25, 0.3) is 5.91 Å². The molecule has 6 nitrogen and oxygen atoms in total. The first-order chi connectivity index (χ1) is 19.9. The van der Waals surface area contributed by atoms with Gasteiger partial charge in [0.05, 0.1) is 18.7 Å². The molecule has 212 valence electrons. The van der Waals surface area contributed by atoms with Crippen molar-refractivity contribution < 1.29 is 19.1 Å². The van der Waals surface area contributed by atoms with Gasteiger partial charge in [0.1, 0.15) is 0 Å². The van der Waals surface area contributed by atoms with E-state index in [0.717, 1.165) is 43.5 Å². The van der Waals surface area contributed by atoms with Crippen molar-refractivity contribution in [1.29, 1.82) is 0 Å². The molecule has 2 amide bonds. The van der Waals surface area contributed by atoms with Crippen LogP contribution in [0.3, 0.4) is 0 Å². The molecule has 0 aliphatic carbocycles. The van der Waals surface area contributed by atoms with E-state index in [2.05, 4.69) is 24.3 Å². The molecule has 41 heavy (non-hydrogen) atoms. The zero-order chi connectivity index (χ0) is 28.8. The molecule has 2 aliphatic rings. The number of likely N-dealkylation sites (tertiary alicyclic amines) is 1. The molecule has 6 heteroatoms. The number of amides is 2. The average molecular weight is 551 g/mol. The Balaban J connectivity index is 1.30. The molecule has 0 unspecified atom stereocenters. The van der Waals surface area contributed by atoms with Gasteiger partial charge in [0.2, 0.25) is 5.91 Å². The fraction of sp³-hybridized carbons (Fsp3) is 0.343. The third-order valence-corrected chi connectivity index (χ3v) is 8.30. The minimum absolute atomic E-state index is 0.0265. The van der Waals surface area contributed by atoms with Crippen molar-refractivity contribution in [3.05, 3.63) is 118 Å². The Labute approximate surface area is 242 Å². The molecule has 0 spiro atoms. The van der Waals surface area contributed by atoms with Crippen LogP contribution in [-0.4, -0.2) is 47.3 Å². The van der Waals surface area contributed by atoms with Crippen molar-refractivity contribution in [2.45, 2.75) is 52.0 Å². The molecule has 3 aromatic carbocycles. The smallest absolute Gasteiger partial charge is 0.336 e. The van der Waals surface area contributed by atoms with Gasteiger partial charge >= 0.3 is 5.97 Å². The van der Waals surface area contributed by atoms with Crippen LogP contribution < -0.4 is 0 Å². The Hall–Kier alpha value is -4.19. The van der Waals surface area contributed by atoms with E-state index in [0.29, 0.717) is 22.8 Å². The molecular formula is C35H38N2O4. The van der Waals surface area contributed by atoms with Crippen LogP contribution in [0, 0.1) is 5.92 Å². The molecule has 0 radical (unpaired) electrons. The topological polar surface area (TPSA) is 66.9 Å². The lowest BCUT2D eigenvalue weighted by molar-refractivity contribution is -0.140. The highest BCUT2D eigenvalue weighted by Gasteiger charge is 2.37. The first-order valence-electron chi connectivity index (χ1n) is 14.6. The van der Waals surface area contributed by atoms with E-state index in [9.17, 15) is 14.4 Å². The number of allylic oxidation sites excluding steroid dienone is 1. The van der Waals surface area contributed by atoms with E-state index in [4.69, 9.17) is 4.74 Å². The maximum atomic E-state index is 13.4. The van der Waals surface area contributed by atoms with E-state index < -0.39 is 5.97 Å². The number of carbonyl (C=O) groups is 3. The minimum Gasteiger partial charge on any atom is -0.463 e. The van der Waals surface area contributed by atoms with Gasteiger partial charge in [-0.1, -0.05) is 72.8 Å². The molecule has 0 N–H and O–H groups in total. The van der Waals surface area contributed by atoms with E-state index in [-0.39, 0.29) is 37.3 Å². The fourth-order valence-corrected chi connectivity index (χ4v) is 6.10. The van der Waals surface area contributed by atoms with Crippen molar-refractivity contribution in [2.24, 2.45) is 5.92 Å². The fourth-order valence-electron chi connectivity index (χ4n) is 6.10. The van der Waals surface area contributed by atoms with Crippen molar-refractivity contribution >= 4 is 17.8 Å². The highest BCUT2D eigenvalue weighted by Crippen LogP contribution is 2.37. The van der Waals surface area contributed by atoms with Crippen LogP contribution >= 0.6 is 0 Å². The predicted octanol–water partition coefficient (Wildman–Crippen LogP) is 6.13. The number of benzene rings is 3. The summed E-state index contributed by atoms with van der Waals surface area (Å²) in [4.78, 5) is 43.5. The summed E-state index contributed by atoms with van der Waals surface area (Å²) in [5.74, 6) is -0.186. The van der Waals surface area contributed by atoms with Gasteiger partial charge in [-0.15, -0.1) is 0 Å². The Morgan fingerprint density at radius 2 is 1.54 bits per heavy atom. The summed E-state index contributed by atoms with van der Waals surface area (Å²) in [5, 5.41) is 0. The SMILES string of the molecule is CCOC(=O)C1=C(C)N(Cc2cccc(C(=O)N3CCC(Cc4ccccc4)CC3)c2)C(=O)C[C@@H]1c1ccccc1. The van der Waals surface area contributed by atoms with Gasteiger partial charge in [-0.25, -0.2) is 4.79 Å². The number of esters is 1. The van der Waals surface area contributed by atoms with Gasteiger partial charge in [-0.2, -0.15) is 0 Å². The summed E-state index contributed by atoms with van der Waals surface area (Å²) in [6, 6.07) is 27.7. The highest BCUT2D eigenvalue weighted by atomic mass is 16.5. The van der Waals surface area contributed by atoms with Crippen molar-refractivity contribution in [2.75, 3.05) is 19.7 Å². The number of piperidine rings is 1. The lowest BCUT2D eigenvalue weighted by atomic mass is 9.83. The van der Waals surface area contributed by atoms with E-state index in [1.807, 2.05) is 72.5 Å². The number of hydrogen-bond acceptors (Lipinski definition) is 4. The van der Waals surface area contributed by atoms with Crippen LogP contribution in [0.25, 0.3) is 0 Å². The molecule has 5 rings (SSSR count). The van der Waals surface area contributed by atoms with Crippen LogP contribution in [-0.2, 0) is 27.3 Å². The van der Waals surface area contributed by atoms with Crippen LogP contribution in [0.1, 0.15) is 66.1 Å². The highest BCUT2D eigenvalue weighted by molar-refractivity contribution is 5.96. The van der Waals surface area contributed by atoms with E-state index in [1.165, 1.54) is 5.56 Å². The predicted molar refractivity (Wildman–Crippen MR) is 159 cm³/mol. The van der Waals surface area contributed by atoms with Gasteiger partial charge < -0.3 is 14.5 Å². The largest absolute Gasteiger partial charge is 0.463 e. The lowest BCUT2D eigenvalue weighted by Gasteiger charge is -2.34. The van der Waals surface area contributed by atoms with Crippen LogP contribution in [0.15, 0.2) is 96.2 Å². The number of nitrogens with zero attached hydrogens (tertiary/aromatic N) is 2. The van der Waals surface area contributed by atoms with Crippen molar-refractivity contribution in [3.63, 3.8) is 0 Å². The zero-order valence-corrected chi connectivity index (χ0v) is 23.9. The van der Waals surface area contributed by atoms with Gasteiger partial charge in [0, 0.05) is 36.7 Å². The normalized spacial score (nSPS) is 18.0. The maximum Gasteiger partial charge on any atom is 0.336 e. The second-order valence-electron chi connectivity index (χ2n) is 11.0. The monoisotopic (exact) mass is 550 g/mol. The first kappa shape index (κ1) is 28.3. The minimum atomic E-state index is -0.393. The Bertz CT molecular complexity index is 1410. The molecule has 1 fully saturated rings. The van der Waals surface area contributed by atoms with Gasteiger partial charge in [0.15, 0.2) is 0 Å². The maximum absolute atomic E-state index is 13.4. The van der Waals surface area contributed by atoms with Crippen LogP contribution in [0.2, 0.25) is 0 Å². The third kappa shape index (κ3) is 6.59. The second kappa shape index (κ2) is 13.0. The quantitative estimate of drug-likeness (QED) is 0.316. The summed E-state index contributed by atoms with van der Waals surface area (Å²) < 4.78 is 5.41. The summed E-state index contributed by atoms with van der Waals surface area (Å²) in [6.45, 7) is 5.64. The molecule has 2 aliphatic heterocycles. The Kier molecular flexibility index (Phi) is 8.98. The number of rotatable bonds is 8. The second-order valence-corrected chi connectivity index (χ2v) is 11.0. The summed E-state index contributed by atoms with van der Waals surface area (Å²) in [5.41, 5.74) is 4.87. The summed E-state index contributed by atoms with van der Waals surface area (Å²) in [6.07, 6.45) is 3.22. The van der Waals surface area contributed by atoms with Crippen LogP contribution in [0.4, 0.5) is 0 Å². The molecule has 0 saturated carbocycles. The zero-order valence-electron chi connectivity index (χ0n) is 23.9. The molecule has 1 atom stereocenters. The number of carbonyl (C=O) groups excluding carboxylic acids is 3.